The van der Waals surface area contributed by atoms with E-state index >= 15 is 0 Å². The van der Waals surface area contributed by atoms with Gasteiger partial charge in [-0.15, -0.1) is 6.58 Å². The van der Waals surface area contributed by atoms with Crippen LogP contribution in [0.5, 0.6) is 0 Å². The number of hydrogen-bond acceptors (Lipinski definition) is 1. The van der Waals surface area contributed by atoms with E-state index in [1.807, 2.05) is 0 Å². The zero-order valence-electron chi connectivity index (χ0n) is 20.4. The number of nitrogens with zero attached hydrogens (tertiary/aromatic N) is 1. The minimum Gasteiger partial charge on any atom is -0.309 e. The summed E-state index contributed by atoms with van der Waals surface area (Å²) in [5.74, 6) is 0.536. The van der Waals surface area contributed by atoms with Crippen molar-refractivity contribution in [1.82, 2.24) is 4.90 Å². The summed E-state index contributed by atoms with van der Waals surface area (Å²) in [6.07, 6.45) is 26.3. The Bertz CT molecular complexity index is 478. The van der Waals surface area contributed by atoms with Gasteiger partial charge >= 0.3 is 0 Å². The van der Waals surface area contributed by atoms with Crippen molar-refractivity contribution in [1.29, 1.82) is 0 Å². The summed E-state index contributed by atoms with van der Waals surface area (Å²) in [6.45, 7) is 5.29. The Morgan fingerprint density at radius 1 is 0.633 bits per heavy atom. The van der Waals surface area contributed by atoms with Crippen LogP contribution in [0.15, 0.2) is 43.0 Å². The Balaban J connectivity index is 1.78. The molecule has 0 radical (unpaired) electrons. The number of benzene rings is 1. The van der Waals surface area contributed by atoms with Gasteiger partial charge in [-0.2, -0.15) is 0 Å². The highest BCUT2D eigenvalue weighted by atomic mass is 15.0. The zero-order chi connectivity index (χ0) is 21.7. The average molecular weight is 414 g/mol. The van der Waals surface area contributed by atoms with E-state index in [2.05, 4.69) is 62.0 Å². The summed E-state index contributed by atoms with van der Waals surface area (Å²) in [5.41, 5.74) is 1.42. The molecule has 1 aromatic carbocycles. The predicted octanol–water partition coefficient (Wildman–Crippen LogP) is 9.15. The third kappa shape index (κ3) is 15.7. The van der Waals surface area contributed by atoms with Gasteiger partial charge in [0, 0.05) is 5.92 Å². The highest BCUT2D eigenvalue weighted by Gasteiger charge is 2.06. The van der Waals surface area contributed by atoms with Gasteiger partial charge in [0.2, 0.25) is 0 Å². The maximum absolute atomic E-state index is 4.04. The van der Waals surface area contributed by atoms with E-state index in [4.69, 9.17) is 0 Å². The molecule has 0 aliphatic rings. The smallest absolute Gasteiger partial charge is 0.00152 e. The summed E-state index contributed by atoms with van der Waals surface area (Å²) >= 11 is 0. The fraction of sp³-hybridized carbons (Fsp3) is 0.724. The van der Waals surface area contributed by atoms with Crippen molar-refractivity contribution in [3.8, 4) is 0 Å². The summed E-state index contributed by atoms with van der Waals surface area (Å²) in [7, 11) is 4.35. The van der Waals surface area contributed by atoms with E-state index in [1.54, 1.807) is 0 Å². The van der Waals surface area contributed by atoms with E-state index in [-0.39, 0.29) is 0 Å². The quantitative estimate of drug-likeness (QED) is 0.143. The lowest BCUT2D eigenvalue weighted by Crippen LogP contribution is -2.12. The molecule has 0 N–H and O–H groups in total. The van der Waals surface area contributed by atoms with Crippen LogP contribution in [0, 0.1) is 0 Å². The topological polar surface area (TPSA) is 3.24 Å². The van der Waals surface area contributed by atoms with Crippen molar-refractivity contribution < 1.29 is 0 Å². The molecule has 0 spiro atoms. The lowest BCUT2D eigenvalue weighted by atomic mass is 9.93. The van der Waals surface area contributed by atoms with Gasteiger partial charge in [0.25, 0.3) is 0 Å². The molecule has 0 amide bonds. The van der Waals surface area contributed by atoms with Crippen LogP contribution in [-0.4, -0.2) is 25.5 Å². The molecule has 1 unspecified atom stereocenters. The van der Waals surface area contributed by atoms with Crippen molar-refractivity contribution in [2.75, 3.05) is 20.6 Å². The fourth-order valence-electron chi connectivity index (χ4n) is 4.39. The molecule has 30 heavy (non-hydrogen) atoms. The summed E-state index contributed by atoms with van der Waals surface area (Å²) in [6, 6.07) is 10.8. The molecule has 0 aliphatic carbocycles. The number of unbranched alkanes of at least 4 members (excludes halogenated alkanes) is 15. The lowest BCUT2D eigenvalue weighted by molar-refractivity contribution is 0.389. The molecule has 1 rings (SSSR count). The predicted molar refractivity (Wildman–Crippen MR) is 136 cm³/mol. The molecule has 1 atom stereocenters. The van der Waals surface area contributed by atoms with E-state index in [0.717, 1.165) is 0 Å². The summed E-state index contributed by atoms with van der Waals surface area (Å²) in [5, 5.41) is 0. The third-order valence-electron chi connectivity index (χ3n) is 6.38. The van der Waals surface area contributed by atoms with Gasteiger partial charge in [-0.25, -0.2) is 0 Å². The molecule has 0 aromatic heterocycles. The standard InChI is InChI=1S/C29H51N/c1-4-28(29-25-21-19-22-26-29)24-20-17-15-13-11-9-7-5-6-8-10-12-14-16-18-23-27-30(2)3/h4,19,21-22,25-26,28H,1,5-18,20,23-24,27H2,2-3H3. The third-order valence-corrected chi connectivity index (χ3v) is 6.38. The van der Waals surface area contributed by atoms with Crippen molar-refractivity contribution in [3.63, 3.8) is 0 Å². The van der Waals surface area contributed by atoms with Gasteiger partial charge in [0.1, 0.15) is 0 Å². The molecule has 0 saturated heterocycles. The molecule has 172 valence electrons. The van der Waals surface area contributed by atoms with Gasteiger partial charge < -0.3 is 4.90 Å². The van der Waals surface area contributed by atoms with Crippen LogP contribution in [0.4, 0.5) is 0 Å². The van der Waals surface area contributed by atoms with Crippen LogP contribution in [0.3, 0.4) is 0 Å². The molecular formula is C29H51N. The number of rotatable bonds is 21. The van der Waals surface area contributed by atoms with E-state index in [0.29, 0.717) is 5.92 Å². The van der Waals surface area contributed by atoms with Gasteiger partial charge in [0.05, 0.1) is 0 Å². The Morgan fingerprint density at radius 2 is 1.03 bits per heavy atom. The van der Waals surface area contributed by atoms with E-state index < -0.39 is 0 Å². The minimum atomic E-state index is 0.536. The Labute approximate surface area is 189 Å². The van der Waals surface area contributed by atoms with Crippen LogP contribution >= 0.6 is 0 Å². The number of allylic oxidation sites excluding steroid dienone is 1. The summed E-state index contributed by atoms with van der Waals surface area (Å²) in [4.78, 5) is 2.30. The van der Waals surface area contributed by atoms with Gasteiger partial charge in [-0.3, -0.25) is 0 Å². The van der Waals surface area contributed by atoms with E-state index in [9.17, 15) is 0 Å². The van der Waals surface area contributed by atoms with Crippen LogP contribution in [0.25, 0.3) is 0 Å². The molecule has 1 aromatic rings. The normalized spacial score (nSPS) is 12.4. The monoisotopic (exact) mass is 413 g/mol. The van der Waals surface area contributed by atoms with Gasteiger partial charge in [-0.05, 0) is 39.0 Å². The maximum Gasteiger partial charge on any atom is 0.00152 e. The summed E-state index contributed by atoms with van der Waals surface area (Å²) < 4.78 is 0. The highest BCUT2D eigenvalue weighted by Crippen LogP contribution is 2.23. The first-order chi connectivity index (χ1) is 14.7. The number of hydrogen-bond donors (Lipinski definition) is 0. The molecule has 1 heteroatoms. The SMILES string of the molecule is C=CC(CCCCCCCCCCCCCCCCCCN(C)C)c1ccccc1. The highest BCUT2D eigenvalue weighted by molar-refractivity contribution is 5.22. The zero-order valence-corrected chi connectivity index (χ0v) is 20.4. The fourth-order valence-corrected chi connectivity index (χ4v) is 4.39. The maximum atomic E-state index is 4.04. The molecule has 0 fully saturated rings. The molecule has 0 heterocycles. The van der Waals surface area contributed by atoms with Crippen LogP contribution < -0.4 is 0 Å². The molecule has 0 aliphatic heterocycles. The lowest BCUT2D eigenvalue weighted by Gasteiger charge is -2.12. The van der Waals surface area contributed by atoms with Crippen LogP contribution in [-0.2, 0) is 0 Å². The van der Waals surface area contributed by atoms with Gasteiger partial charge in [0.15, 0.2) is 0 Å². The van der Waals surface area contributed by atoms with E-state index in [1.165, 1.54) is 121 Å². The van der Waals surface area contributed by atoms with Crippen molar-refractivity contribution in [2.24, 2.45) is 0 Å². The Kier molecular flexibility index (Phi) is 17.8. The second kappa shape index (κ2) is 19.9. The second-order valence-electron chi connectivity index (χ2n) is 9.50. The minimum absolute atomic E-state index is 0.536. The molecular weight excluding hydrogens is 362 g/mol. The van der Waals surface area contributed by atoms with Crippen molar-refractivity contribution >= 4 is 0 Å². The van der Waals surface area contributed by atoms with Crippen molar-refractivity contribution in [2.45, 2.75) is 115 Å². The molecule has 0 saturated carbocycles. The first-order valence-electron chi connectivity index (χ1n) is 13.1. The van der Waals surface area contributed by atoms with Crippen molar-refractivity contribution in [3.05, 3.63) is 48.6 Å². The average Bonchev–Trinajstić information content (AvgIpc) is 2.76. The second-order valence-corrected chi connectivity index (χ2v) is 9.50. The molecule has 0 bridgehead atoms. The van der Waals surface area contributed by atoms with Crippen LogP contribution in [0.2, 0.25) is 0 Å². The van der Waals surface area contributed by atoms with Crippen LogP contribution in [0.1, 0.15) is 121 Å². The molecule has 1 nitrogen and oxygen atoms in total. The Morgan fingerprint density at radius 3 is 1.43 bits per heavy atom. The first kappa shape index (κ1) is 27.0. The van der Waals surface area contributed by atoms with Gasteiger partial charge in [-0.1, -0.05) is 133 Å². The first-order valence-corrected chi connectivity index (χ1v) is 13.1. The largest absolute Gasteiger partial charge is 0.309 e. The Hall–Kier alpha value is -1.08.